The molecule has 2 aromatic heterocycles. The molecule has 0 fully saturated rings. The van der Waals surface area contributed by atoms with E-state index in [4.69, 9.17) is 10.3 Å². The molecule has 0 bridgehead atoms. The molecule has 0 amide bonds. The van der Waals surface area contributed by atoms with Crippen molar-refractivity contribution < 1.29 is 9.63 Å². The minimum absolute atomic E-state index is 0.247. The van der Waals surface area contributed by atoms with Crippen molar-refractivity contribution in [3.63, 3.8) is 0 Å². The van der Waals surface area contributed by atoms with Gasteiger partial charge in [-0.3, -0.25) is 0 Å². The minimum atomic E-state index is 0.247. The van der Waals surface area contributed by atoms with Crippen LogP contribution in [0.5, 0.6) is 5.75 Å². The maximum absolute atomic E-state index is 9.78. The van der Waals surface area contributed by atoms with E-state index in [0.29, 0.717) is 11.6 Å². The lowest BCUT2D eigenvalue weighted by atomic mass is 10.2. The lowest BCUT2D eigenvalue weighted by Gasteiger charge is -1.99. The number of phenols is 1. The first-order valence-corrected chi connectivity index (χ1v) is 5.17. The number of rotatable bonds is 1. The van der Waals surface area contributed by atoms with Gasteiger partial charge in [-0.15, -0.1) is 0 Å². The number of nitrogens with two attached hydrogens (primary N) is 1. The minimum Gasteiger partial charge on any atom is -0.507 e. The van der Waals surface area contributed by atoms with Gasteiger partial charge < -0.3 is 19.9 Å². The first-order chi connectivity index (χ1) is 8.16. The third kappa shape index (κ3) is 1.36. The average Bonchev–Trinajstić information content (AvgIpc) is 2.85. The Balaban J connectivity index is 2.31. The second kappa shape index (κ2) is 3.28. The normalized spacial score (nSPS) is 11.1. The molecule has 2 heterocycles. The molecule has 3 rings (SSSR count). The monoisotopic (exact) mass is 229 g/mol. The van der Waals surface area contributed by atoms with Crippen LogP contribution in [0, 0.1) is 0 Å². The molecule has 17 heavy (non-hydrogen) atoms. The molecule has 5 heteroatoms. The van der Waals surface area contributed by atoms with Gasteiger partial charge in [-0.05, 0) is 18.2 Å². The molecule has 86 valence electrons. The number of fused-ring (bicyclic) bond motifs is 1. The van der Waals surface area contributed by atoms with Crippen molar-refractivity contribution in [3.8, 4) is 17.2 Å². The molecule has 0 unspecified atom stereocenters. The van der Waals surface area contributed by atoms with Crippen LogP contribution in [-0.2, 0) is 7.05 Å². The summed E-state index contributed by atoms with van der Waals surface area (Å²) in [4.78, 5) is 0. The lowest BCUT2D eigenvalue weighted by Crippen LogP contribution is -1.89. The fraction of sp³-hybridized carbons (Fsp3) is 0.0833. The molecule has 3 N–H and O–H groups in total. The predicted octanol–water partition coefficient (Wildman–Crippen LogP) is 2.12. The summed E-state index contributed by atoms with van der Waals surface area (Å²) in [6, 6.07) is 8.89. The molecule has 0 aliphatic heterocycles. The number of aromatic hydroxyl groups is 1. The molecule has 0 radical (unpaired) electrons. The van der Waals surface area contributed by atoms with Crippen LogP contribution in [0.4, 0.5) is 5.82 Å². The highest BCUT2D eigenvalue weighted by Gasteiger charge is 2.13. The summed E-state index contributed by atoms with van der Waals surface area (Å²) in [5.41, 5.74) is 7.28. The Morgan fingerprint density at radius 3 is 2.82 bits per heavy atom. The third-order valence-electron chi connectivity index (χ3n) is 2.84. The molecule has 5 nitrogen and oxygen atoms in total. The Hall–Kier alpha value is -2.43. The number of nitrogen functional groups attached to an aromatic ring is 1. The first-order valence-electron chi connectivity index (χ1n) is 5.17. The molecule has 1 aromatic carbocycles. The van der Waals surface area contributed by atoms with E-state index in [9.17, 15) is 5.11 Å². The lowest BCUT2D eigenvalue weighted by molar-refractivity contribution is 0.433. The van der Waals surface area contributed by atoms with Crippen molar-refractivity contribution in [1.82, 2.24) is 9.72 Å². The second-order valence-corrected chi connectivity index (χ2v) is 3.91. The summed E-state index contributed by atoms with van der Waals surface area (Å²) in [7, 11) is 1.90. The van der Waals surface area contributed by atoms with Crippen molar-refractivity contribution >= 4 is 16.7 Å². The molecule has 0 saturated heterocycles. The molecular weight excluding hydrogens is 218 g/mol. The number of nitrogens with zero attached hydrogens (tertiary/aromatic N) is 2. The highest BCUT2D eigenvalue weighted by Crippen LogP contribution is 2.32. The zero-order valence-corrected chi connectivity index (χ0v) is 9.21. The van der Waals surface area contributed by atoms with E-state index >= 15 is 0 Å². The van der Waals surface area contributed by atoms with Crippen molar-refractivity contribution in [3.05, 3.63) is 30.3 Å². The summed E-state index contributed by atoms with van der Waals surface area (Å²) < 4.78 is 7.05. The van der Waals surface area contributed by atoms with E-state index in [0.717, 1.165) is 16.6 Å². The zero-order chi connectivity index (χ0) is 12.0. The van der Waals surface area contributed by atoms with Gasteiger partial charge in [0.2, 0.25) is 0 Å². The number of benzene rings is 1. The average molecular weight is 229 g/mol. The highest BCUT2D eigenvalue weighted by molar-refractivity contribution is 5.90. The van der Waals surface area contributed by atoms with Gasteiger partial charge >= 0.3 is 0 Å². The fourth-order valence-electron chi connectivity index (χ4n) is 1.99. The van der Waals surface area contributed by atoms with Gasteiger partial charge in [-0.1, -0.05) is 11.2 Å². The van der Waals surface area contributed by atoms with Crippen molar-refractivity contribution in [2.24, 2.45) is 7.05 Å². The van der Waals surface area contributed by atoms with Crippen LogP contribution in [0.25, 0.3) is 22.4 Å². The van der Waals surface area contributed by atoms with Crippen LogP contribution in [0.1, 0.15) is 0 Å². The summed E-state index contributed by atoms with van der Waals surface area (Å²) in [6.07, 6.45) is 0. The zero-order valence-electron chi connectivity index (χ0n) is 9.21. The maximum Gasteiger partial charge on any atom is 0.185 e. The van der Waals surface area contributed by atoms with E-state index in [1.54, 1.807) is 18.2 Å². The molecule has 0 spiro atoms. The van der Waals surface area contributed by atoms with Gasteiger partial charge in [0.1, 0.15) is 5.75 Å². The quantitative estimate of drug-likeness (QED) is 0.670. The first kappa shape index (κ1) is 9.77. The van der Waals surface area contributed by atoms with Gasteiger partial charge in [0.05, 0.1) is 11.2 Å². The Labute approximate surface area is 97.1 Å². The van der Waals surface area contributed by atoms with Gasteiger partial charge in [0.25, 0.3) is 0 Å². The van der Waals surface area contributed by atoms with Crippen molar-refractivity contribution in [1.29, 1.82) is 0 Å². The van der Waals surface area contributed by atoms with Crippen LogP contribution in [0.2, 0.25) is 0 Å². The topological polar surface area (TPSA) is 77.2 Å². The number of anilines is 1. The summed E-state index contributed by atoms with van der Waals surface area (Å²) in [6.45, 7) is 0. The van der Waals surface area contributed by atoms with Gasteiger partial charge in [0.15, 0.2) is 11.6 Å². The van der Waals surface area contributed by atoms with Crippen LogP contribution >= 0.6 is 0 Å². The molecule has 3 aromatic rings. The van der Waals surface area contributed by atoms with Crippen LogP contribution in [-0.4, -0.2) is 14.8 Å². The Morgan fingerprint density at radius 1 is 1.35 bits per heavy atom. The Kier molecular flexibility index (Phi) is 1.89. The summed E-state index contributed by atoms with van der Waals surface area (Å²) in [5, 5.41) is 14.2. The second-order valence-electron chi connectivity index (χ2n) is 3.91. The number of aromatic nitrogens is 2. The number of aryl methyl sites for hydroxylation is 1. The standard InChI is InChI=1S/C12H11N3O2/c1-15-8-3-2-4-10(16)7(8)5-9(15)11-6-12(13)14-17-11/h2-6,16H,1H3,(H2,13,14). The van der Waals surface area contributed by atoms with E-state index < -0.39 is 0 Å². The van der Waals surface area contributed by atoms with Crippen molar-refractivity contribution in [2.75, 3.05) is 5.73 Å². The van der Waals surface area contributed by atoms with E-state index in [2.05, 4.69) is 5.16 Å². The van der Waals surface area contributed by atoms with Crippen LogP contribution in [0.15, 0.2) is 34.9 Å². The largest absolute Gasteiger partial charge is 0.507 e. The molecule has 0 aliphatic rings. The van der Waals surface area contributed by atoms with E-state index in [1.807, 2.05) is 23.7 Å². The maximum atomic E-state index is 9.78. The fourth-order valence-corrected chi connectivity index (χ4v) is 1.99. The highest BCUT2D eigenvalue weighted by atomic mass is 16.5. The Bertz CT molecular complexity index is 697. The van der Waals surface area contributed by atoms with Gasteiger partial charge in [0, 0.05) is 18.5 Å². The van der Waals surface area contributed by atoms with Crippen molar-refractivity contribution in [2.45, 2.75) is 0 Å². The van der Waals surface area contributed by atoms with Crippen LogP contribution in [0.3, 0.4) is 0 Å². The van der Waals surface area contributed by atoms with Gasteiger partial charge in [-0.2, -0.15) is 0 Å². The van der Waals surface area contributed by atoms with E-state index in [-0.39, 0.29) is 5.75 Å². The van der Waals surface area contributed by atoms with E-state index in [1.165, 1.54) is 0 Å². The molecule has 0 atom stereocenters. The summed E-state index contributed by atoms with van der Waals surface area (Å²) >= 11 is 0. The molecule has 0 saturated carbocycles. The third-order valence-corrected chi connectivity index (χ3v) is 2.84. The smallest absolute Gasteiger partial charge is 0.185 e. The molecular formula is C12H11N3O2. The SMILES string of the molecule is Cn1c(-c2cc(N)no2)cc2c(O)cccc21. The summed E-state index contributed by atoms with van der Waals surface area (Å²) in [5.74, 6) is 1.17. The predicted molar refractivity (Wildman–Crippen MR) is 64.5 cm³/mol. The number of hydrogen-bond donors (Lipinski definition) is 2. The number of hydrogen-bond acceptors (Lipinski definition) is 4. The van der Waals surface area contributed by atoms with Crippen LogP contribution < -0.4 is 5.73 Å². The van der Waals surface area contributed by atoms with Gasteiger partial charge in [-0.25, -0.2) is 0 Å². The Morgan fingerprint density at radius 2 is 2.18 bits per heavy atom. The number of phenolic OH excluding ortho intramolecular Hbond substituents is 1. The molecule has 0 aliphatic carbocycles.